The minimum atomic E-state index is -0.107. The van der Waals surface area contributed by atoms with E-state index in [9.17, 15) is 0 Å². The molecule has 0 amide bonds. The Morgan fingerprint density at radius 2 is 1.90 bits per heavy atom. The molecule has 1 saturated heterocycles. The van der Waals surface area contributed by atoms with Crippen molar-refractivity contribution in [1.82, 2.24) is 16.0 Å². The van der Waals surface area contributed by atoms with Crippen LogP contribution in [0.5, 0.6) is 0 Å². The molecule has 178 valence electrons. The van der Waals surface area contributed by atoms with Crippen molar-refractivity contribution >= 4 is 29.9 Å². The molecule has 1 aromatic carbocycles. The molecule has 2 rings (SSSR count). The summed E-state index contributed by atoms with van der Waals surface area (Å²) in [5.41, 5.74) is 1.19. The Labute approximate surface area is 206 Å². The highest BCUT2D eigenvalue weighted by Gasteiger charge is 2.20. The summed E-state index contributed by atoms with van der Waals surface area (Å²) in [5.74, 6) is 1.53. The van der Waals surface area contributed by atoms with Gasteiger partial charge in [0.15, 0.2) is 5.96 Å². The highest BCUT2D eigenvalue weighted by atomic mass is 127. The van der Waals surface area contributed by atoms with Crippen LogP contribution in [0.3, 0.4) is 0 Å². The van der Waals surface area contributed by atoms with Crippen LogP contribution in [0.2, 0.25) is 0 Å². The third kappa shape index (κ3) is 12.1. The monoisotopic (exact) mass is 546 g/mol. The lowest BCUT2D eigenvalue weighted by Crippen LogP contribution is -2.45. The molecule has 0 bridgehead atoms. The van der Waals surface area contributed by atoms with E-state index in [1.807, 2.05) is 0 Å². The zero-order valence-corrected chi connectivity index (χ0v) is 22.1. The zero-order chi connectivity index (χ0) is 21.7. The largest absolute Gasteiger partial charge is 0.381 e. The number of halogens is 1. The third-order valence-electron chi connectivity index (χ3n) is 5.34. The van der Waals surface area contributed by atoms with E-state index in [4.69, 9.17) is 14.5 Å². The van der Waals surface area contributed by atoms with Crippen LogP contribution in [0.15, 0.2) is 35.3 Å². The van der Waals surface area contributed by atoms with Gasteiger partial charge in [0, 0.05) is 51.1 Å². The van der Waals surface area contributed by atoms with Crippen molar-refractivity contribution in [2.45, 2.75) is 58.5 Å². The van der Waals surface area contributed by atoms with Gasteiger partial charge in [-0.1, -0.05) is 30.3 Å². The topological polar surface area (TPSA) is 66.9 Å². The first-order chi connectivity index (χ1) is 14.5. The van der Waals surface area contributed by atoms with Crippen LogP contribution in [0.1, 0.15) is 58.6 Å². The SMILES string of the molecule is CCNC(=NCC(C)(C)NC(C)c1ccccc1)NCCCOCC1CCOCC1.I. The van der Waals surface area contributed by atoms with Gasteiger partial charge in [-0.15, -0.1) is 24.0 Å². The van der Waals surface area contributed by atoms with E-state index < -0.39 is 0 Å². The number of hydrogen-bond acceptors (Lipinski definition) is 4. The number of guanidine groups is 1. The third-order valence-corrected chi connectivity index (χ3v) is 5.34. The van der Waals surface area contributed by atoms with Crippen LogP contribution in [-0.4, -0.2) is 57.6 Å². The second kappa shape index (κ2) is 15.8. The van der Waals surface area contributed by atoms with Crippen LogP contribution < -0.4 is 16.0 Å². The number of nitrogens with zero attached hydrogens (tertiary/aromatic N) is 1. The van der Waals surface area contributed by atoms with Gasteiger partial charge in [-0.3, -0.25) is 4.99 Å². The van der Waals surface area contributed by atoms with Crippen molar-refractivity contribution in [3.63, 3.8) is 0 Å². The van der Waals surface area contributed by atoms with E-state index in [2.05, 4.69) is 74.0 Å². The number of rotatable bonds is 12. The van der Waals surface area contributed by atoms with Crippen LogP contribution in [0, 0.1) is 5.92 Å². The van der Waals surface area contributed by atoms with Gasteiger partial charge in [-0.25, -0.2) is 0 Å². The predicted octanol–water partition coefficient (Wildman–Crippen LogP) is 4.12. The molecule has 7 heteroatoms. The van der Waals surface area contributed by atoms with Crippen molar-refractivity contribution in [3.05, 3.63) is 35.9 Å². The van der Waals surface area contributed by atoms with Gasteiger partial charge in [0.2, 0.25) is 0 Å². The number of hydrogen-bond donors (Lipinski definition) is 3. The highest BCUT2D eigenvalue weighted by Crippen LogP contribution is 2.16. The van der Waals surface area contributed by atoms with E-state index >= 15 is 0 Å². The standard InChI is InChI=1S/C24H42N4O2.HI/c1-5-25-23(26-14-9-15-30-18-21-12-16-29-17-13-21)27-19-24(3,4)28-20(2)22-10-7-6-8-11-22;/h6-8,10-11,20-21,28H,5,9,12-19H2,1-4H3,(H2,25,26,27);1H. The number of nitrogens with one attached hydrogen (secondary N) is 3. The summed E-state index contributed by atoms with van der Waals surface area (Å²) >= 11 is 0. The Balaban J connectivity index is 0.00000480. The molecule has 3 N–H and O–H groups in total. The summed E-state index contributed by atoms with van der Waals surface area (Å²) in [6.07, 6.45) is 3.23. The lowest BCUT2D eigenvalue weighted by Gasteiger charge is -2.29. The lowest BCUT2D eigenvalue weighted by atomic mass is 10.0. The molecule has 0 aliphatic carbocycles. The van der Waals surface area contributed by atoms with Gasteiger partial charge in [-0.2, -0.15) is 0 Å². The Kier molecular flexibility index (Phi) is 14.4. The van der Waals surface area contributed by atoms with Crippen molar-refractivity contribution in [2.24, 2.45) is 10.9 Å². The van der Waals surface area contributed by atoms with E-state index in [1.165, 1.54) is 5.56 Å². The van der Waals surface area contributed by atoms with Gasteiger partial charge in [-0.05, 0) is 58.4 Å². The molecule has 1 unspecified atom stereocenters. The van der Waals surface area contributed by atoms with Crippen molar-refractivity contribution in [3.8, 4) is 0 Å². The molecule has 0 radical (unpaired) electrons. The predicted molar refractivity (Wildman–Crippen MR) is 140 cm³/mol. The molecule has 0 aromatic heterocycles. The molecule has 31 heavy (non-hydrogen) atoms. The second-order valence-corrected chi connectivity index (χ2v) is 8.77. The molecule has 1 atom stereocenters. The Morgan fingerprint density at radius 1 is 1.19 bits per heavy atom. The van der Waals surface area contributed by atoms with Crippen molar-refractivity contribution in [1.29, 1.82) is 0 Å². The average molecular weight is 547 g/mol. The number of ether oxygens (including phenoxy) is 2. The minimum absolute atomic E-state index is 0. The minimum Gasteiger partial charge on any atom is -0.381 e. The molecular weight excluding hydrogens is 503 g/mol. The Hall–Kier alpha value is -0.900. The maximum atomic E-state index is 5.85. The maximum absolute atomic E-state index is 5.85. The summed E-state index contributed by atoms with van der Waals surface area (Å²) in [7, 11) is 0. The quantitative estimate of drug-likeness (QED) is 0.159. The summed E-state index contributed by atoms with van der Waals surface area (Å²) < 4.78 is 11.2. The summed E-state index contributed by atoms with van der Waals surface area (Å²) in [6, 6.07) is 10.8. The lowest BCUT2D eigenvalue weighted by molar-refractivity contribution is 0.0203. The van der Waals surface area contributed by atoms with Gasteiger partial charge in [0.05, 0.1) is 6.54 Å². The Morgan fingerprint density at radius 3 is 2.58 bits per heavy atom. The van der Waals surface area contributed by atoms with Gasteiger partial charge in [0.1, 0.15) is 0 Å². The molecule has 1 aliphatic rings. The molecule has 1 aliphatic heterocycles. The summed E-state index contributed by atoms with van der Waals surface area (Å²) in [6.45, 7) is 14.5. The molecule has 1 aromatic rings. The first-order valence-corrected chi connectivity index (χ1v) is 11.5. The van der Waals surface area contributed by atoms with Crippen LogP contribution >= 0.6 is 24.0 Å². The molecule has 0 spiro atoms. The van der Waals surface area contributed by atoms with Gasteiger partial charge in [0.25, 0.3) is 0 Å². The highest BCUT2D eigenvalue weighted by molar-refractivity contribution is 14.0. The first-order valence-electron chi connectivity index (χ1n) is 11.5. The summed E-state index contributed by atoms with van der Waals surface area (Å²) in [5, 5.41) is 10.5. The smallest absolute Gasteiger partial charge is 0.191 e. The first kappa shape index (κ1) is 28.1. The second-order valence-electron chi connectivity index (χ2n) is 8.77. The fourth-order valence-electron chi connectivity index (χ4n) is 3.62. The van der Waals surface area contributed by atoms with Crippen LogP contribution in [0.25, 0.3) is 0 Å². The van der Waals surface area contributed by atoms with E-state index in [1.54, 1.807) is 0 Å². The fraction of sp³-hybridized carbons (Fsp3) is 0.708. The molecule has 0 saturated carbocycles. The number of aliphatic imine (C=N–C) groups is 1. The summed E-state index contributed by atoms with van der Waals surface area (Å²) in [4.78, 5) is 4.80. The van der Waals surface area contributed by atoms with Crippen molar-refractivity contribution < 1.29 is 9.47 Å². The van der Waals surface area contributed by atoms with E-state index in [0.29, 0.717) is 12.5 Å². The van der Waals surface area contributed by atoms with E-state index in [0.717, 1.165) is 64.7 Å². The zero-order valence-electron chi connectivity index (χ0n) is 19.8. The number of benzene rings is 1. The maximum Gasteiger partial charge on any atom is 0.191 e. The molecule has 6 nitrogen and oxygen atoms in total. The van der Waals surface area contributed by atoms with Crippen LogP contribution in [-0.2, 0) is 9.47 Å². The Bertz CT molecular complexity index is 607. The van der Waals surface area contributed by atoms with Crippen LogP contribution in [0.4, 0.5) is 0 Å². The van der Waals surface area contributed by atoms with E-state index in [-0.39, 0.29) is 35.6 Å². The van der Waals surface area contributed by atoms with Gasteiger partial charge >= 0.3 is 0 Å². The van der Waals surface area contributed by atoms with Crippen molar-refractivity contribution in [2.75, 3.05) is 46.1 Å². The molecule has 1 heterocycles. The average Bonchev–Trinajstić information content (AvgIpc) is 2.75. The normalized spacial score (nSPS) is 16.5. The molecule has 1 fully saturated rings. The fourth-order valence-corrected chi connectivity index (χ4v) is 3.62. The van der Waals surface area contributed by atoms with Gasteiger partial charge < -0.3 is 25.4 Å². The molecular formula is C24H43IN4O2.